The van der Waals surface area contributed by atoms with Gasteiger partial charge in [-0.15, -0.1) is 11.3 Å². The molecule has 0 saturated heterocycles. The van der Waals surface area contributed by atoms with Crippen molar-refractivity contribution in [1.29, 1.82) is 0 Å². The normalized spacial score (nSPS) is 11.9. The summed E-state index contributed by atoms with van der Waals surface area (Å²) in [4.78, 5) is 25.1. The summed E-state index contributed by atoms with van der Waals surface area (Å²) in [5.74, 6) is -1.21. The van der Waals surface area contributed by atoms with Crippen LogP contribution in [0.1, 0.15) is 43.4 Å². The van der Waals surface area contributed by atoms with Crippen molar-refractivity contribution in [2.75, 3.05) is 0 Å². The minimum absolute atomic E-state index is 0.0691. The molecule has 1 heterocycles. The van der Waals surface area contributed by atoms with Crippen molar-refractivity contribution in [3.63, 3.8) is 0 Å². The molecule has 0 saturated carbocycles. The number of rotatable bonds is 4. The van der Waals surface area contributed by atoms with E-state index in [2.05, 4.69) is 5.32 Å². The number of amides is 1. The van der Waals surface area contributed by atoms with E-state index in [9.17, 15) is 9.59 Å². The predicted molar refractivity (Wildman–Crippen MR) is 78.3 cm³/mol. The van der Waals surface area contributed by atoms with Crippen molar-refractivity contribution in [1.82, 2.24) is 5.32 Å². The monoisotopic (exact) mass is 289 g/mol. The highest BCUT2D eigenvalue weighted by molar-refractivity contribution is 7.12. The summed E-state index contributed by atoms with van der Waals surface area (Å²) in [5.41, 5.74) is 0.624. The second kappa shape index (κ2) is 5.88. The highest BCUT2D eigenvalue weighted by Crippen LogP contribution is 2.22. The summed E-state index contributed by atoms with van der Waals surface area (Å²) in [6, 6.07) is 9.84. The molecule has 1 aromatic carbocycles. The summed E-state index contributed by atoms with van der Waals surface area (Å²) in [5, 5.41) is 11.7. The molecule has 1 atom stereocenters. The maximum Gasteiger partial charge on any atom is 0.335 e. The number of carbonyl (C=O) groups excluding carboxylic acids is 1. The van der Waals surface area contributed by atoms with E-state index in [4.69, 9.17) is 5.11 Å². The lowest BCUT2D eigenvalue weighted by Gasteiger charge is -2.12. The molecule has 5 heteroatoms. The maximum absolute atomic E-state index is 12.1. The van der Waals surface area contributed by atoms with Gasteiger partial charge in [0.15, 0.2) is 0 Å². The van der Waals surface area contributed by atoms with E-state index in [0.29, 0.717) is 5.56 Å². The van der Waals surface area contributed by atoms with E-state index >= 15 is 0 Å². The fraction of sp³-hybridized carbons (Fsp3) is 0.200. The van der Waals surface area contributed by atoms with Crippen LogP contribution in [0.15, 0.2) is 36.4 Å². The van der Waals surface area contributed by atoms with E-state index in [1.807, 2.05) is 26.0 Å². The topological polar surface area (TPSA) is 66.4 Å². The summed E-state index contributed by atoms with van der Waals surface area (Å²) in [7, 11) is 0. The van der Waals surface area contributed by atoms with E-state index < -0.39 is 5.97 Å². The largest absolute Gasteiger partial charge is 0.478 e. The summed E-state index contributed by atoms with van der Waals surface area (Å²) < 4.78 is 0. The Hall–Kier alpha value is -2.14. The zero-order valence-electron chi connectivity index (χ0n) is 11.2. The molecule has 0 fully saturated rings. The fourth-order valence-electron chi connectivity index (χ4n) is 1.80. The molecule has 1 aromatic heterocycles. The summed E-state index contributed by atoms with van der Waals surface area (Å²) in [6.45, 7) is 3.95. The zero-order valence-corrected chi connectivity index (χ0v) is 12.0. The number of benzene rings is 1. The van der Waals surface area contributed by atoms with Gasteiger partial charge in [-0.25, -0.2) is 4.79 Å². The Labute approximate surface area is 121 Å². The van der Waals surface area contributed by atoms with Gasteiger partial charge in [-0.2, -0.15) is 0 Å². The molecule has 0 aliphatic carbocycles. The zero-order chi connectivity index (χ0) is 14.7. The Bertz CT molecular complexity index is 631. The van der Waals surface area contributed by atoms with Crippen LogP contribution in [0, 0.1) is 6.92 Å². The molecule has 1 amide bonds. The van der Waals surface area contributed by atoms with Crippen molar-refractivity contribution in [2.24, 2.45) is 0 Å². The molecule has 2 N–H and O–H groups in total. The third kappa shape index (κ3) is 3.24. The molecule has 104 valence electrons. The van der Waals surface area contributed by atoms with Crippen LogP contribution in [0.4, 0.5) is 0 Å². The maximum atomic E-state index is 12.1. The van der Waals surface area contributed by atoms with Crippen LogP contribution in [0.25, 0.3) is 0 Å². The molecular formula is C15H15NO3S. The lowest BCUT2D eigenvalue weighted by Crippen LogP contribution is -2.26. The van der Waals surface area contributed by atoms with Crippen LogP contribution >= 0.6 is 11.3 Å². The van der Waals surface area contributed by atoms with E-state index in [0.717, 1.165) is 4.88 Å². The van der Waals surface area contributed by atoms with Gasteiger partial charge >= 0.3 is 5.97 Å². The van der Waals surface area contributed by atoms with Gasteiger partial charge in [0.05, 0.1) is 11.6 Å². The van der Waals surface area contributed by atoms with Crippen molar-refractivity contribution in [3.8, 4) is 0 Å². The van der Waals surface area contributed by atoms with Crippen LogP contribution in [0.5, 0.6) is 0 Å². The molecular weight excluding hydrogens is 274 g/mol. The average Bonchev–Trinajstić information content (AvgIpc) is 2.85. The molecule has 0 aliphatic rings. The number of aryl methyl sites for hydroxylation is 1. The number of carboxylic acids is 1. The second-order valence-corrected chi connectivity index (χ2v) is 5.85. The Balaban J connectivity index is 2.06. The Morgan fingerprint density at radius 2 is 1.70 bits per heavy atom. The number of nitrogens with one attached hydrogen (secondary N) is 1. The lowest BCUT2D eigenvalue weighted by molar-refractivity contribution is 0.0696. The fourth-order valence-corrected chi connectivity index (χ4v) is 2.68. The molecule has 20 heavy (non-hydrogen) atoms. The van der Waals surface area contributed by atoms with Gasteiger partial charge in [0.1, 0.15) is 0 Å². The number of hydrogen-bond acceptors (Lipinski definition) is 3. The molecule has 2 rings (SSSR count). The van der Waals surface area contributed by atoms with Gasteiger partial charge in [0, 0.05) is 15.3 Å². The van der Waals surface area contributed by atoms with Crippen molar-refractivity contribution < 1.29 is 14.7 Å². The number of carboxylic acid groups (broad SMARTS) is 1. The Morgan fingerprint density at radius 1 is 1.10 bits per heavy atom. The minimum Gasteiger partial charge on any atom is -0.478 e. The van der Waals surface area contributed by atoms with E-state index in [1.54, 1.807) is 11.3 Å². The Morgan fingerprint density at radius 3 is 2.20 bits per heavy atom. The summed E-state index contributed by atoms with van der Waals surface area (Å²) >= 11 is 1.65. The van der Waals surface area contributed by atoms with Crippen LogP contribution in [0.2, 0.25) is 0 Å². The lowest BCUT2D eigenvalue weighted by atomic mass is 10.1. The first kappa shape index (κ1) is 14.3. The molecule has 1 unspecified atom stereocenters. The van der Waals surface area contributed by atoms with Crippen LogP contribution in [-0.4, -0.2) is 17.0 Å². The number of thiophene rings is 1. The van der Waals surface area contributed by atoms with Crippen molar-refractivity contribution in [3.05, 3.63) is 57.3 Å². The minimum atomic E-state index is -1.00. The predicted octanol–water partition coefficient (Wildman–Crippen LogP) is 3.25. The molecule has 2 aromatic rings. The van der Waals surface area contributed by atoms with Gasteiger partial charge in [-0.3, -0.25) is 4.79 Å². The van der Waals surface area contributed by atoms with Crippen LogP contribution < -0.4 is 5.32 Å². The van der Waals surface area contributed by atoms with Crippen LogP contribution in [-0.2, 0) is 0 Å². The van der Waals surface area contributed by atoms with Gasteiger partial charge in [0.2, 0.25) is 0 Å². The third-order valence-corrected chi connectivity index (χ3v) is 4.11. The van der Waals surface area contributed by atoms with E-state index in [-0.39, 0.29) is 17.5 Å². The van der Waals surface area contributed by atoms with Gasteiger partial charge in [0.25, 0.3) is 5.91 Å². The van der Waals surface area contributed by atoms with Gasteiger partial charge in [-0.1, -0.05) is 0 Å². The summed E-state index contributed by atoms with van der Waals surface area (Å²) in [6.07, 6.45) is 0. The van der Waals surface area contributed by atoms with Crippen molar-refractivity contribution in [2.45, 2.75) is 19.9 Å². The first-order valence-electron chi connectivity index (χ1n) is 6.18. The van der Waals surface area contributed by atoms with Crippen LogP contribution in [0.3, 0.4) is 0 Å². The number of carbonyl (C=O) groups is 2. The second-order valence-electron chi connectivity index (χ2n) is 4.53. The van der Waals surface area contributed by atoms with Crippen molar-refractivity contribution >= 4 is 23.2 Å². The van der Waals surface area contributed by atoms with Gasteiger partial charge < -0.3 is 10.4 Å². The number of hydrogen-bond donors (Lipinski definition) is 2. The Kier molecular flexibility index (Phi) is 4.20. The standard InChI is InChI=1S/C15H15NO3S/c1-9-3-8-13(20-9)10(2)16-14(17)11-4-6-12(7-5-11)15(18)19/h3-8,10H,1-2H3,(H,16,17)(H,18,19). The molecule has 0 aliphatic heterocycles. The first-order chi connectivity index (χ1) is 9.47. The first-order valence-corrected chi connectivity index (χ1v) is 6.99. The molecule has 0 bridgehead atoms. The molecule has 4 nitrogen and oxygen atoms in total. The highest BCUT2D eigenvalue weighted by atomic mass is 32.1. The quantitative estimate of drug-likeness (QED) is 0.908. The number of aromatic carboxylic acids is 1. The molecule has 0 radical (unpaired) electrons. The molecule has 0 spiro atoms. The SMILES string of the molecule is Cc1ccc(C(C)NC(=O)c2ccc(C(=O)O)cc2)s1. The van der Waals surface area contributed by atoms with Gasteiger partial charge in [-0.05, 0) is 50.2 Å². The van der Waals surface area contributed by atoms with E-state index in [1.165, 1.54) is 29.1 Å². The third-order valence-electron chi connectivity index (χ3n) is 2.93. The average molecular weight is 289 g/mol. The highest BCUT2D eigenvalue weighted by Gasteiger charge is 2.13. The smallest absolute Gasteiger partial charge is 0.335 e.